The second-order valence-corrected chi connectivity index (χ2v) is 73.3. The molecule has 35 atom stereocenters. The lowest BCUT2D eigenvalue weighted by Crippen LogP contribution is -2.58. The molecule has 15 saturated carbocycles. The van der Waals surface area contributed by atoms with E-state index in [9.17, 15) is 39.9 Å². The number of rotatable bonds is 18. The van der Waals surface area contributed by atoms with E-state index in [1.54, 1.807) is 13.8 Å². The van der Waals surface area contributed by atoms with Crippen LogP contribution in [0.2, 0.25) is 54.4 Å². The highest BCUT2D eigenvalue weighted by Gasteiger charge is 2.73. The van der Waals surface area contributed by atoms with Gasteiger partial charge in [-0.15, -0.1) is 6.58 Å². The van der Waals surface area contributed by atoms with Gasteiger partial charge in [0.05, 0.1) is 70.2 Å². The van der Waals surface area contributed by atoms with Crippen molar-refractivity contribution in [2.75, 3.05) is 39.6 Å². The van der Waals surface area contributed by atoms with E-state index in [0.717, 1.165) is 225 Å². The number of fused-ring (bicyclic) bond motifs is 8. The molecule has 3 saturated heterocycles. The van der Waals surface area contributed by atoms with Gasteiger partial charge >= 0.3 is 11.9 Å². The Morgan fingerprint density at radius 3 is 0.986 bits per heavy atom. The molecule has 3 heterocycles. The third-order valence-electron chi connectivity index (χ3n) is 49.4. The van der Waals surface area contributed by atoms with Gasteiger partial charge in [-0.3, -0.25) is 14.4 Å². The Bertz CT molecular complexity index is 4340. The van der Waals surface area contributed by atoms with Gasteiger partial charge in [0.1, 0.15) is 18.0 Å². The lowest BCUT2D eigenvalue weighted by molar-refractivity contribution is -0.252. The lowest BCUT2D eigenvalue weighted by atomic mass is 9.51. The molecule has 840 valence electrons. The predicted octanol–water partition coefficient (Wildman–Crippen LogP) is 28.1. The van der Waals surface area contributed by atoms with Gasteiger partial charge in [-0.05, 0) is 351 Å². The minimum atomic E-state index is -1.83. The summed E-state index contributed by atoms with van der Waals surface area (Å²) in [6, 6.07) is 0. The molecule has 19 nitrogen and oxygen atoms in total. The minimum absolute atomic E-state index is 0.0314. The Kier molecular flexibility index (Phi) is 36.1. The Balaban J connectivity index is 0.000000146. The van der Waals surface area contributed by atoms with Crippen LogP contribution >= 0.6 is 0 Å². The van der Waals surface area contributed by atoms with E-state index in [0.29, 0.717) is 129 Å². The van der Waals surface area contributed by atoms with Gasteiger partial charge in [0.25, 0.3) is 0 Å². The van der Waals surface area contributed by atoms with Crippen LogP contribution in [-0.2, 0) is 65.6 Å². The molecule has 15 aliphatic carbocycles. The quantitative estimate of drug-likeness (QED) is 0.0486. The summed E-state index contributed by atoms with van der Waals surface area (Å²) in [5, 5.41) is 54.9. The first-order valence-corrected chi connectivity index (χ1v) is 69.0. The highest BCUT2D eigenvalue weighted by Crippen LogP contribution is 2.72. The number of esters is 2. The molecule has 5 N–H and O–H groups in total. The molecule has 3 spiro atoms. The molecular weight excluding hydrogens is 1880 g/mol. The largest absolute Gasteiger partial charge is 0.462 e. The number of hydrogen-bond acceptors (Lipinski definition) is 19. The van der Waals surface area contributed by atoms with Crippen molar-refractivity contribution in [3.63, 3.8) is 0 Å². The number of aliphatic hydroxyl groups excluding tert-OH is 5. The fourth-order valence-electron chi connectivity index (χ4n) is 36.4. The van der Waals surface area contributed by atoms with Crippen molar-refractivity contribution in [1.82, 2.24) is 0 Å². The first-order valence-electron chi connectivity index (χ1n) is 60.3. The number of Topliss-reactive ketones (excluding diaryl/α,β-unsaturated/α-hetero) is 1. The fraction of sp³-hybridized carbons (Fsp3) is 0.944. The van der Waals surface area contributed by atoms with E-state index in [1.165, 1.54) is 24.8 Å². The lowest BCUT2D eigenvalue weighted by Gasteiger charge is -2.57. The van der Waals surface area contributed by atoms with Gasteiger partial charge in [0.2, 0.25) is 0 Å². The van der Waals surface area contributed by atoms with Crippen LogP contribution in [0.1, 0.15) is 424 Å². The van der Waals surface area contributed by atoms with Gasteiger partial charge in [-0.2, -0.15) is 0 Å². The molecule has 18 rings (SSSR count). The molecule has 22 heteroatoms. The van der Waals surface area contributed by atoms with Crippen LogP contribution in [0.4, 0.5) is 0 Å². The Morgan fingerprint density at radius 2 is 0.630 bits per heavy atom. The normalized spacial score (nSPS) is 45.6. The zero-order valence-corrected chi connectivity index (χ0v) is 102. The molecule has 18 fully saturated rings. The summed E-state index contributed by atoms with van der Waals surface area (Å²) in [5.74, 6) is 4.30. The number of carbonyl (C=O) groups excluding carboxylic acids is 3. The van der Waals surface area contributed by atoms with Gasteiger partial charge in [-0.25, -0.2) is 0 Å². The number of ether oxygens (including phenoxy) is 8. The topological polar surface area (TPSA) is 254 Å². The highest BCUT2D eigenvalue weighted by molar-refractivity contribution is 6.75. The Morgan fingerprint density at radius 1 is 0.349 bits per heavy atom. The molecule has 146 heavy (non-hydrogen) atoms. The van der Waals surface area contributed by atoms with E-state index in [4.69, 9.17) is 51.2 Å². The summed E-state index contributed by atoms with van der Waals surface area (Å²) in [6.45, 7) is 83.7. The molecule has 0 radical (unpaired) electrons. The van der Waals surface area contributed by atoms with Crippen LogP contribution in [0.3, 0.4) is 0 Å². The van der Waals surface area contributed by atoms with Crippen LogP contribution in [-0.4, -0.2) is 186 Å². The van der Waals surface area contributed by atoms with E-state index < -0.39 is 42.3 Å². The minimum Gasteiger partial charge on any atom is -0.462 e. The number of aliphatic hydroxyl groups is 5. The van der Waals surface area contributed by atoms with Gasteiger partial charge < -0.3 is 76.7 Å². The van der Waals surface area contributed by atoms with E-state index >= 15 is 0 Å². The van der Waals surface area contributed by atoms with Crippen molar-refractivity contribution in [3.05, 3.63) is 24.8 Å². The number of carbonyl (C=O) groups is 3. The van der Waals surface area contributed by atoms with Gasteiger partial charge in [0.15, 0.2) is 42.3 Å². The standard InChI is InChI=1S/C29H52O5Si.C29H50O5Si.C27H50O4Si.C20H34O2.C19H32O3/c2*1-10-21-19-22(34-35(8,9)26(3,4)5)11-14-27(21,6)23-12-15-28(7)24(25(23)33-20(2)30)13-16-29(28)31-17-18-32-29;1-9-19-18-20(31-32(7,8)24(2,3)4)10-13-25(19,5)21-11-14-26(6)22(23(21)28)12-15-27(26)29-16-17-30-27;1-5-14-12-15(21)8-10-20(14,4)17-9-11-19(3)13(2)6-7-16(19)18(17)22;1-4-12-11-13(20)7-9-18(12,2)15-8-10-19(3)14(17(15)22)5-6-16(19)21/h21-25H,10-19H2,1-9H3;10,21-25H,1,11-19H2,2-9H3;19-23,28H,9-18H2,1-8H3;14-18,21-22H,2,5-12H2,1,3-4H3;12-15,17,20,22H,4-11H2,1-3H3/t2*21-,22-,23?,24?,25+,27-,28-;19-,20-,21?,22?,23+,25-,26-;14-,15-,16?,17?,18-,19+,20-;12-,13-,14?,15?,17-,18-,19-/m00000/s1. The highest BCUT2D eigenvalue weighted by atomic mass is 28.4. The first kappa shape index (κ1) is 120. The number of ketones is 1. The van der Waals surface area contributed by atoms with Crippen LogP contribution in [0.5, 0.6) is 0 Å². The van der Waals surface area contributed by atoms with Crippen LogP contribution < -0.4 is 0 Å². The zero-order valence-electron chi connectivity index (χ0n) is 98.7. The second-order valence-electron chi connectivity index (χ2n) is 59.0. The third-order valence-corrected chi connectivity index (χ3v) is 63.0. The number of hydrogen-bond donors (Lipinski definition) is 5. The zero-order chi connectivity index (χ0) is 108. The van der Waals surface area contributed by atoms with Crippen molar-refractivity contribution in [1.29, 1.82) is 0 Å². The maximum Gasteiger partial charge on any atom is 0.302 e. The molecule has 10 unspecified atom stereocenters. The molecule has 0 aromatic heterocycles. The average Bonchev–Trinajstić information content (AvgIpc) is 1.55. The third kappa shape index (κ3) is 21.6. The smallest absolute Gasteiger partial charge is 0.302 e. The van der Waals surface area contributed by atoms with E-state index in [1.807, 2.05) is 0 Å². The Hall–Kier alpha value is -1.82. The molecular formula is C124H218O19Si3. The predicted molar refractivity (Wildman–Crippen MR) is 592 cm³/mol. The van der Waals surface area contributed by atoms with Crippen molar-refractivity contribution in [2.24, 2.45) is 143 Å². The summed E-state index contributed by atoms with van der Waals surface area (Å²) in [7, 11) is -5.39. The first-order chi connectivity index (χ1) is 67.8. The summed E-state index contributed by atoms with van der Waals surface area (Å²) < 4.78 is 70.7. The summed E-state index contributed by atoms with van der Waals surface area (Å²) in [5.41, 5.74) is 1.66. The molecule has 3 aliphatic heterocycles. The van der Waals surface area contributed by atoms with E-state index in [-0.39, 0.29) is 154 Å². The van der Waals surface area contributed by atoms with E-state index in [2.05, 4.69) is 218 Å². The SMILES string of the molecule is C=C1CCC2[C@H](O)C([C@@]3(C)CC[C@H](O)C[C@@H]3CC)CC[C@]12C.C=C[C@H]1C[C@@H](O[Si](C)(C)C(C)(C)C)CC[C@]1(C)C1CC[C@@]2(C)C(CCC23OCCO3)[C@@H]1OC(C)=O.CC[C@H]1C[C@@H](O)CC[C@]1(C)C1CC[C@]2(C)C(=O)CCC2[C@@H]1O.CC[C@H]1C[C@@H](O[Si](C)(C)C(C)(C)C)CC[C@]1(C)C1CC[C@@]2(C)C(CCC23OCCO3)[C@@H]1O.CC[C@H]1C[C@@H](O[Si](C)(C)C(C)(C)C)CC[C@]1(C)C1CC[C@@]2(C)C(CCC23OCCO3)[C@@H]1OC(C)=O. The molecule has 18 aliphatic rings. The number of allylic oxidation sites excluding steroid dienone is 2. The van der Waals surface area contributed by atoms with Gasteiger partial charge in [0, 0.05) is 103 Å². The van der Waals surface area contributed by atoms with Crippen molar-refractivity contribution < 1.29 is 91.1 Å². The summed E-state index contributed by atoms with van der Waals surface area (Å²) >= 11 is 0. The maximum atomic E-state index is 12.4. The fourth-order valence-corrected chi connectivity index (χ4v) is 40.6. The maximum absolute atomic E-state index is 12.4. The van der Waals surface area contributed by atoms with Crippen molar-refractivity contribution in [2.45, 2.75) is 556 Å². The van der Waals surface area contributed by atoms with Gasteiger partial charge in [-0.1, -0.05) is 203 Å². The second kappa shape index (κ2) is 44.1. The molecule has 0 aromatic rings. The summed E-state index contributed by atoms with van der Waals surface area (Å²) in [6.07, 6.45) is 42.2. The molecule has 0 aromatic carbocycles. The molecule has 0 bridgehead atoms. The Labute approximate surface area is 891 Å². The average molecular weight is 2100 g/mol. The monoisotopic (exact) mass is 2100 g/mol. The van der Waals surface area contributed by atoms with Crippen molar-refractivity contribution in [3.8, 4) is 0 Å². The summed E-state index contributed by atoms with van der Waals surface area (Å²) in [4.78, 5) is 37.0. The van der Waals surface area contributed by atoms with Crippen LogP contribution in [0, 0.1) is 143 Å². The molecule has 0 amide bonds. The van der Waals surface area contributed by atoms with Crippen molar-refractivity contribution >= 4 is 42.7 Å². The van der Waals surface area contributed by atoms with Crippen LogP contribution in [0.25, 0.3) is 0 Å². The van der Waals surface area contributed by atoms with Crippen LogP contribution in [0.15, 0.2) is 24.8 Å².